The zero-order valence-corrected chi connectivity index (χ0v) is 20.3. The third-order valence-electron chi connectivity index (χ3n) is 6.41. The molecule has 0 bridgehead atoms. The smallest absolute Gasteiger partial charge is 0.181 e. The van der Waals surface area contributed by atoms with Gasteiger partial charge in [-0.25, -0.2) is 4.98 Å². The summed E-state index contributed by atoms with van der Waals surface area (Å²) in [7, 11) is 0. The van der Waals surface area contributed by atoms with E-state index in [1.165, 1.54) is 0 Å². The lowest BCUT2D eigenvalue weighted by atomic mass is 10.0. The number of pyridine rings is 2. The number of Topliss-reactive ketones (excluding diaryl/α,β-unsaturated/α-hetero) is 1. The van der Waals surface area contributed by atoms with E-state index in [9.17, 15) is 4.79 Å². The lowest BCUT2D eigenvalue weighted by Gasteiger charge is -2.04. The molecule has 0 aliphatic heterocycles. The second-order valence-electron chi connectivity index (χ2n) is 8.76. The quantitative estimate of drug-likeness (QED) is 0.262. The molecular formula is C29H22ClN5O. The number of fused-ring (bicyclic) bond motifs is 2. The van der Waals surface area contributed by atoms with Gasteiger partial charge >= 0.3 is 0 Å². The molecule has 4 aromatic heterocycles. The van der Waals surface area contributed by atoms with Crippen molar-refractivity contribution in [1.29, 1.82) is 0 Å². The topological polar surface area (TPSA) is 87.3 Å². The van der Waals surface area contributed by atoms with Crippen molar-refractivity contribution in [3.63, 3.8) is 0 Å². The Balaban J connectivity index is 1.40. The molecule has 0 amide bonds. The minimum atomic E-state index is 0.179. The van der Waals surface area contributed by atoms with E-state index in [2.05, 4.69) is 55.5 Å². The van der Waals surface area contributed by atoms with Crippen LogP contribution < -0.4 is 0 Å². The number of ketones is 1. The minimum absolute atomic E-state index is 0.179. The molecule has 0 spiro atoms. The summed E-state index contributed by atoms with van der Waals surface area (Å²) in [6.07, 6.45) is 4.46. The van der Waals surface area contributed by atoms with Gasteiger partial charge in [0.15, 0.2) is 5.65 Å². The minimum Gasteiger partial charge on any atom is -0.353 e. The lowest BCUT2D eigenvalue weighted by molar-refractivity contribution is -0.118. The van der Waals surface area contributed by atoms with Gasteiger partial charge in [0.2, 0.25) is 0 Å². The Kier molecular flexibility index (Phi) is 5.58. The van der Waals surface area contributed by atoms with Gasteiger partial charge in [0.05, 0.1) is 11.4 Å². The van der Waals surface area contributed by atoms with E-state index in [4.69, 9.17) is 11.6 Å². The van der Waals surface area contributed by atoms with Gasteiger partial charge in [-0.05, 0) is 47.5 Å². The van der Waals surface area contributed by atoms with Crippen molar-refractivity contribution in [2.24, 2.45) is 0 Å². The van der Waals surface area contributed by atoms with Gasteiger partial charge in [0.1, 0.15) is 5.78 Å². The molecule has 0 saturated carbocycles. The van der Waals surface area contributed by atoms with E-state index >= 15 is 0 Å². The summed E-state index contributed by atoms with van der Waals surface area (Å²) in [4.78, 5) is 24.3. The van der Waals surface area contributed by atoms with E-state index in [1.807, 2.05) is 43.3 Å². The standard InChI is InChI=1S/C29H22ClN5O/c1-2-22(36)13-21-10-9-18(15-31-21)19-12-25-28(34-35-29(25)32-16-19)27-14-24-23(7-4-8-26(24)33-27)17-5-3-6-20(30)11-17/h3-12,14-16,33H,2,13H2,1H3,(H,32,34,35). The first-order valence-corrected chi connectivity index (χ1v) is 12.2. The van der Waals surface area contributed by atoms with Gasteiger partial charge in [-0.1, -0.05) is 48.9 Å². The first kappa shape index (κ1) is 22.2. The number of nitrogens with zero attached hydrogens (tertiary/aromatic N) is 3. The Morgan fingerprint density at radius 1 is 0.889 bits per heavy atom. The number of aromatic amines is 2. The molecule has 2 aromatic carbocycles. The van der Waals surface area contributed by atoms with E-state index in [1.54, 1.807) is 12.4 Å². The van der Waals surface area contributed by atoms with Crippen LogP contribution in [0.3, 0.4) is 0 Å². The molecule has 0 aliphatic carbocycles. The second kappa shape index (κ2) is 9.06. The first-order chi connectivity index (χ1) is 17.6. The number of benzene rings is 2. The Hall–Kier alpha value is -4.29. The van der Waals surface area contributed by atoms with Crippen molar-refractivity contribution in [1.82, 2.24) is 25.1 Å². The number of carbonyl (C=O) groups excluding carboxylic acids is 1. The van der Waals surface area contributed by atoms with Crippen LogP contribution in [0.4, 0.5) is 0 Å². The molecule has 6 rings (SSSR count). The molecular weight excluding hydrogens is 470 g/mol. The number of halogens is 1. The summed E-state index contributed by atoms with van der Waals surface area (Å²) in [5, 5.41) is 10.3. The molecule has 36 heavy (non-hydrogen) atoms. The highest BCUT2D eigenvalue weighted by atomic mass is 35.5. The molecule has 6 aromatic rings. The summed E-state index contributed by atoms with van der Waals surface area (Å²) in [6, 6.07) is 22.2. The van der Waals surface area contributed by atoms with Crippen LogP contribution in [-0.2, 0) is 11.2 Å². The number of carbonyl (C=O) groups is 1. The molecule has 2 N–H and O–H groups in total. The largest absolute Gasteiger partial charge is 0.353 e. The molecule has 0 fully saturated rings. The number of hydrogen-bond donors (Lipinski definition) is 2. The number of aromatic nitrogens is 5. The maximum absolute atomic E-state index is 11.7. The van der Waals surface area contributed by atoms with Gasteiger partial charge in [0, 0.05) is 63.4 Å². The maximum atomic E-state index is 11.7. The molecule has 176 valence electrons. The van der Waals surface area contributed by atoms with Gasteiger partial charge in [-0.3, -0.25) is 14.9 Å². The zero-order chi connectivity index (χ0) is 24.6. The number of rotatable bonds is 6. The fourth-order valence-corrected chi connectivity index (χ4v) is 4.68. The third-order valence-corrected chi connectivity index (χ3v) is 6.64. The van der Waals surface area contributed by atoms with Crippen molar-refractivity contribution in [2.75, 3.05) is 0 Å². The Morgan fingerprint density at radius 2 is 1.75 bits per heavy atom. The van der Waals surface area contributed by atoms with Gasteiger partial charge in [-0.15, -0.1) is 0 Å². The fourth-order valence-electron chi connectivity index (χ4n) is 4.49. The second-order valence-corrected chi connectivity index (χ2v) is 9.20. The molecule has 0 saturated heterocycles. The Labute approximate surface area is 212 Å². The molecule has 0 radical (unpaired) electrons. The summed E-state index contributed by atoms with van der Waals surface area (Å²) in [6.45, 7) is 1.87. The maximum Gasteiger partial charge on any atom is 0.181 e. The Bertz CT molecular complexity index is 1730. The molecule has 0 unspecified atom stereocenters. The van der Waals surface area contributed by atoms with Crippen molar-refractivity contribution in [2.45, 2.75) is 19.8 Å². The molecule has 6 nitrogen and oxygen atoms in total. The molecule has 4 heterocycles. The fraction of sp³-hybridized carbons (Fsp3) is 0.103. The summed E-state index contributed by atoms with van der Waals surface area (Å²) < 4.78 is 0. The lowest BCUT2D eigenvalue weighted by Crippen LogP contribution is -2.02. The SMILES string of the molecule is CCC(=O)Cc1ccc(-c2cnc3n[nH]c(-c4cc5c(-c6cccc(Cl)c6)cccc5[nH]4)c3c2)cn1. The van der Waals surface area contributed by atoms with Crippen LogP contribution in [0, 0.1) is 0 Å². The highest BCUT2D eigenvalue weighted by molar-refractivity contribution is 6.30. The van der Waals surface area contributed by atoms with Crippen molar-refractivity contribution in [3.05, 3.63) is 89.8 Å². The molecule has 0 aliphatic rings. The molecule has 0 atom stereocenters. The highest BCUT2D eigenvalue weighted by Crippen LogP contribution is 2.35. The van der Waals surface area contributed by atoms with Crippen molar-refractivity contribution < 1.29 is 4.79 Å². The summed E-state index contributed by atoms with van der Waals surface area (Å²) >= 11 is 6.25. The van der Waals surface area contributed by atoms with Crippen LogP contribution >= 0.6 is 11.6 Å². The van der Waals surface area contributed by atoms with Crippen LogP contribution in [0.15, 0.2) is 79.1 Å². The highest BCUT2D eigenvalue weighted by Gasteiger charge is 2.15. The van der Waals surface area contributed by atoms with Crippen LogP contribution in [0.25, 0.3) is 55.6 Å². The zero-order valence-electron chi connectivity index (χ0n) is 19.5. The normalized spacial score (nSPS) is 11.4. The number of H-pyrrole nitrogens is 2. The van der Waals surface area contributed by atoms with E-state index in [0.29, 0.717) is 23.5 Å². The average molecular weight is 492 g/mol. The average Bonchev–Trinajstić information content (AvgIpc) is 3.52. The van der Waals surface area contributed by atoms with E-state index in [0.717, 1.165) is 55.6 Å². The molecule has 7 heteroatoms. The van der Waals surface area contributed by atoms with Crippen LogP contribution in [0.5, 0.6) is 0 Å². The van der Waals surface area contributed by atoms with Gasteiger partial charge < -0.3 is 4.98 Å². The predicted octanol–water partition coefficient (Wildman–Crippen LogP) is 7.01. The van der Waals surface area contributed by atoms with Crippen LogP contribution in [0.2, 0.25) is 5.02 Å². The monoisotopic (exact) mass is 491 g/mol. The van der Waals surface area contributed by atoms with Gasteiger partial charge in [0.25, 0.3) is 0 Å². The Morgan fingerprint density at radius 3 is 2.56 bits per heavy atom. The van der Waals surface area contributed by atoms with Crippen LogP contribution in [-0.4, -0.2) is 30.9 Å². The van der Waals surface area contributed by atoms with Crippen molar-refractivity contribution in [3.8, 4) is 33.6 Å². The van der Waals surface area contributed by atoms with Crippen molar-refractivity contribution >= 4 is 39.3 Å². The number of nitrogens with one attached hydrogen (secondary N) is 2. The summed E-state index contributed by atoms with van der Waals surface area (Å²) in [5.74, 6) is 0.179. The van der Waals surface area contributed by atoms with Crippen LogP contribution in [0.1, 0.15) is 19.0 Å². The third kappa shape index (κ3) is 4.06. The number of hydrogen-bond acceptors (Lipinski definition) is 4. The van der Waals surface area contributed by atoms with E-state index < -0.39 is 0 Å². The predicted molar refractivity (Wildman–Crippen MR) is 144 cm³/mol. The summed E-state index contributed by atoms with van der Waals surface area (Å²) in [5.41, 5.74) is 8.26. The van der Waals surface area contributed by atoms with Gasteiger partial charge in [-0.2, -0.15) is 5.10 Å². The first-order valence-electron chi connectivity index (χ1n) is 11.8. The van der Waals surface area contributed by atoms with E-state index in [-0.39, 0.29) is 5.78 Å².